The molecule has 160 valence electrons. The topological polar surface area (TPSA) is 67.9 Å². The number of piperidine rings is 2. The summed E-state index contributed by atoms with van der Waals surface area (Å²) in [7, 11) is -3.29. The van der Waals surface area contributed by atoms with Gasteiger partial charge in [-0.1, -0.05) is 0 Å². The molecule has 2 aliphatic rings. The fourth-order valence-corrected chi connectivity index (χ4v) is 5.39. The first-order valence-electron chi connectivity index (χ1n) is 8.96. The molecule has 0 radical (unpaired) electrons. The largest absolute Gasteiger partial charge is 0.573 e. The van der Waals surface area contributed by atoms with E-state index in [4.69, 9.17) is 4.74 Å². The zero-order valence-electron chi connectivity index (χ0n) is 15.2. The number of nitrogens with zero attached hydrogens (tertiary/aromatic N) is 1. The molecular formula is C17H24ClF3N2O4S. The van der Waals surface area contributed by atoms with Crippen molar-refractivity contribution in [1.29, 1.82) is 0 Å². The van der Waals surface area contributed by atoms with E-state index in [0.29, 0.717) is 44.5 Å². The van der Waals surface area contributed by atoms with E-state index in [0.717, 1.165) is 13.1 Å². The third kappa shape index (κ3) is 6.13. The average Bonchev–Trinajstić information content (AvgIpc) is 2.63. The Labute approximate surface area is 168 Å². The van der Waals surface area contributed by atoms with Gasteiger partial charge in [0.15, 0.2) is 0 Å². The number of hydrogen-bond acceptors (Lipinski definition) is 5. The summed E-state index contributed by atoms with van der Waals surface area (Å²) in [5, 5.41) is 2.84. The van der Waals surface area contributed by atoms with Crippen LogP contribution in [0.3, 0.4) is 0 Å². The molecule has 2 heterocycles. The Hall–Kier alpha value is -1.23. The van der Waals surface area contributed by atoms with Gasteiger partial charge in [0.2, 0.25) is 10.0 Å². The quantitative estimate of drug-likeness (QED) is 0.756. The van der Waals surface area contributed by atoms with E-state index < -0.39 is 16.4 Å². The molecule has 0 aliphatic carbocycles. The fraction of sp³-hybridized carbons (Fsp3) is 0.647. The van der Waals surface area contributed by atoms with Crippen molar-refractivity contribution in [2.75, 3.05) is 26.2 Å². The minimum atomic E-state index is -4.73. The van der Waals surface area contributed by atoms with E-state index in [1.54, 1.807) is 4.31 Å². The van der Waals surface area contributed by atoms with E-state index >= 15 is 0 Å². The molecule has 1 aromatic carbocycles. The maximum Gasteiger partial charge on any atom is 0.573 e. The van der Waals surface area contributed by atoms with E-state index in [-0.39, 0.29) is 29.5 Å². The lowest BCUT2D eigenvalue weighted by atomic mass is 10.1. The summed E-state index contributed by atoms with van der Waals surface area (Å²) in [5.41, 5.74) is 0. The summed E-state index contributed by atoms with van der Waals surface area (Å²) in [4.78, 5) is 0. The lowest BCUT2D eigenvalue weighted by molar-refractivity contribution is -0.274. The molecule has 2 aliphatic heterocycles. The lowest BCUT2D eigenvalue weighted by Gasteiger charge is -2.35. The van der Waals surface area contributed by atoms with Crippen molar-refractivity contribution >= 4 is 22.4 Å². The zero-order valence-corrected chi connectivity index (χ0v) is 16.8. The van der Waals surface area contributed by atoms with Gasteiger partial charge in [-0.25, -0.2) is 12.7 Å². The van der Waals surface area contributed by atoms with Crippen molar-refractivity contribution in [3.63, 3.8) is 0 Å². The number of nitrogens with one attached hydrogen (secondary N) is 1. The molecule has 1 N–H and O–H groups in total. The summed E-state index contributed by atoms with van der Waals surface area (Å²) in [5.74, 6) is 0.127. The van der Waals surface area contributed by atoms with Crippen molar-refractivity contribution < 1.29 is 31.1 Å². The highest BCUT2D eigenvalue weighted by atomic mass is 35.5. The van der Waals surface area contributed by atoms with Gasteiger partial charge < -0.3 is 14.8 Å². The molecule has 6 nitrogen and oxygen atoms in total. The highest BCUT2D eigenvalue weighted by Crippen LogP contribution is 2.27. The molecule has 0 amide bonds. The Morgan fingerprint density at radius 2 is 1.50 bits per heavy atom. The minimum absolute atomic E-state index is 0. The average molecular weight is 445 g/mol. The zero-order chi connectivity index (χ0) is 19.5. The van der Waals surface area contributed by atoms with Gasteiger partial charge in [0, 0.05) is 13.1 Å². The summed E-state index contributed by atoms with van der Waals surface area (Å²) in [6, 6.07) is 5.22. The van der Waals surface area contributed by atoms with Gasteiger partial charge in [-0.15, -0.1) is 25.6 Å². The highest BCUT2D eigenvalue weighted by molar-refractivity contribution is 7.89. The molecule has 0 unspecified atom stereocenters. The van der Waals surface area contributed by atoms with Crippen LogP contribution in [0.5, 0.6) is 11.5 Å². The van der Waals surface area contributed by atoms with Crippen LogP contribution in [-0.4, -0.2) is 56.6 Å². The normalized spacial score (nSPS) is 20.4. The standard InChI is InChI=1S/C17H23F3N2O4S.ClH/c18-17(19,20)26-15-3-1-13(2-4-15)25-14-7-11-22(12-8-14)27(23,24)16-5-9-21-10-6-16;/h1-4,14,16,21H,5-12H2;1H. The van der Waals surface area contributed by atoms with Crippen LogP contribution < -0.4 is 14.8 Å². The molecule has 0 bridgehead atoms. The van der Waals surface area contributed by atoms with Crippen LogP contribution >= 0.6 is 12.4 Å². The number of benzene rings is 1. The van der Waals surface area contributed by atoms with Gasteiger partial charge in [0.1, 0.15) is 17.6 Å². The SMILES string of the molecule is Cl.O=S(=O)(C1CCNCC1)N1CCC(Oc2ccc(OC(F)(F)F)cc2)CC1. The van der Waals surface area contributed by atoms with Gasteiger partial charge in [0.05, 0.1) is 5.25 Å². The van der Waals surface area contributed by atoms with Crippen LogP contribution in [0.4, 0.5) is 13.2 Å². The number of halogens is 4. The van der Waals surface area contributed by atoms with Gasteiger partial charge in [-0.3, -0.25) is 0 Å². The predicted octanol–water partition coefficient (Wildman–Crippen LogP) is 2.93. The van der Waals surface area contributed by atoms with Crippen LogP contribution in [0, 0.1) is 0 Å². The van der Waals surface area contributed by atoms with Crippen molar-refractivity contribution in [2.24, 2.45) is 0 Å². The third-order valence-corrected chi connectivity index (χ3v) is 7.23. The predicted molar refractivity (Wildman–Crippen MR) is 100 cm³/mol. The maximum atomic E-state index is 12.7. The van der Waals surface area contributed by atoms with Gasteiger partial charge in [-0.05, 0) is 63.0 Å². The second-order valence-corrected chi connectivity index (χ2v) is 8.94. The smallest absolute Gasteiger partial charge is 0.490 e. The molecule has 0 atom stereocenters. The fourth-order valence-electron chi connectivity index (χ4n) is 3.42. The number of alkyl halides is 3. The third-order valence-electron chi connectivity index (χ3n) is 4.83. The van der Waals surface area contributed by atoms with Gasteiger partial charge in [-0.2, -0.15) is 0 Å². The first-order chi connectivity index (χ1) is 12.7. The van der Waals surface area contributed by atoms with Crippen LogP contribution in [0.1, 0.15) is 25.7 Å². The van der Waals surface area contributed by atoms with Crippen molar-refractivity contribution in [3.05, 3.63) is 24.3 Å². The van der Waals surface area contributed by atoms with Crippen molar-refractivity contribution in [3.8, 4) is 11.5 Å². The Balaban J connectivity index is 0.00000280. The Morgan fingerprint density at radius 3 is 2.04 bits per heavy atom. The first-order valence-corrected chi connectivity index (χ1v) is 10.5. The van der Waals surface area contributed by atoms with Crippen LogP contribution in [0.2, 0.25) is 0 Å². The number of ether oxygens (including phenoxy) is 2. The monoisotopic (exact) mass is 444 g/mol. The molecule has 3 rings (SSSR count). The van der Waals surface area contributed by atoms with E-state index in [1.807, 2.05) is 0 Å². The summed E-state index contributed by atoms with van der Waals surface area (Å²) >= 11 is 0. The molecule has 28 heavy (non-hydrogen) atoms. The summed E-state index contributed by atoms with van der Waals surface area (Å²) in [6.07, 6.45) is -2.54. The molecular weight excluding hydrogens is 421 g/mol. The molecule has 2 fully saturated rings. The highest BCUT2D eigenvalue weighted by Gasteiger charge is 2.35. The van der Waals surface area contributed by atoms with Crippen LogP contribution in [-0.2, 0) is 10.0 Å². The van der Waals surface area contributed by atoms with Crippen LogP contribution in [0.15, 0.2) is 24.3 Å². The van der Waals surface area contributed by atoms with E-state index in [9.17, 15) is 21.6 Å². The lowest BCUT2D eigenvalue weighted by Crippen LogP contribution is -2.48. The number of rotatable bonds is 5. The number of sulfonamides is 1. The Bertz CT molecular complexity index is 717. The first kappa shape index (κ1) is 23.1. The van der Waals surface area contributed by atoms with E-state index in [1.165, 1.54) is 24.3 Å². The van der Waals surface area contributed by atoms with Crippen molar-refractivity contribution in [2.45, 2.75) is 43.4 Å². The molecule has 1 aromatic rings. The van der Waals surface area contributed by atoms with Gasteiger partial charge in [0.25, 0.3) is 0 Å². The number of hydrogen-bond donors (Lipinski definition) is 1. The summed E-state index contributed by atoms with van der Waals surface area (Å²) < 4.78 is 73.1. The van der Waals surface area contributed by atoms with E-state index in [2.05, 4.69) is 10.1 Å². The molecule has 0 spiro atoms. The Morgan fingerprint density at radius 1 is 0.964 bits per heavy atom. The Kier molecular flexibility index (Phi) is 7.83. The van der Waals surface area contributed by atoms with Gasteiger partial charge >= 0.3 is 6.36 Å². The summed E-state index contributed by atoms with van der Waals surface area (Å²) in [6.45, 7) is 2.23. The van der Waals surface area contributed by atoms with Crippen molar-refractivity contribution in [1.82, 2.24) is 9.62 Å². The maximum absolute atomic E-state index is 12.7. The molecule has 2 saturated heterocycles. The second kappa shape index (κ2) is 9.51. The molecule has 11 heteroatoms. The molecule has 0 saturated carbocycles. The van der Waals surface area contributed by atoms with Crippen LogP contribution in [0.25, 0.3) is 0 Å². The minimum Gasteiger partial charge on any atom is -0.490 e. The molecule has 0 aromatic heterocycles. The second-order valence-electron chi connectivity index (χ2n) is 6.73.